The van der Waals surface area contributed by atoms with E-state index < -0.39 is 16.9 Å². The van der Waals surface area contributed by atoms with Crippen LogP contribution in [0.3, 0.4) is 0 Å². The van der Waals surface area contributed by atoms with Crippen LogP contribution in [0.15, 0.2) is 76.7 Å². The third-order valence-electron chi connectivity index (χ3n) is 10.3. The van der Waals surface area contributed by atoms with E-state index in [0.29, 0.717) is 28.0 Å². The van der Waals surface area contributed by atoms with Crippen molar-refractivity contribution in [1.82, 2.24) is 0 Å². The summed E-state index contributed by atoms with van der Waals surface area (Å²) in [5.41, 5.74) is 2.80. The van der Waals surface area contributed by atoms with Gasteiger partial charge in [0.25, 0.3) is 5.69 Å². The van der Waals surface area contributed by atoms with Crippen molar-refractivity contribution in [1.29, 1.82) is 0 Å². The first kappa shape index (κ1) is 25.8. The van der Waals surface area contributed by atoms with Crippen LogP contribution in [-0.2, 0) is 10.8 Å². The molecule has 4 heterocycles. The van der Waals surface area contributed by atoms with Gasteiger partial charge in [0, 0.05) is 36.9 Å². The molecule has 0 saturated heterocycles. The number of likely N-dealkylation sites (N-methyl/N-ethyl adjacent to an activating group) is 2. The lowest BCUT2D eigenvalue weighted by Gasteiger charge is -2.45. The Labute approximate surface area is 249 Å². The van der Waals surface area contributed by atoms with E-state index >= 15 is 0 Å². The number of anilines is 2. The van der Waals surface area contributed by atoms with Gasteiger partial charge in [-0.05, 0) is 57.0 Å². The molecule has 9 heteroatoms. The zero-order valence-electron chi connectivity index (χ0n) is 24.9. The Bertz CT molecular complexity index is 1980. The van der Waals surface area contributed by atoms with Gasteiger partial charge in [-0.1, -0.05) is 36.4 Å². The van der Waals surface area contributed by atoms with Crippen molar-refractivity contribution in [3.8, 4) is 11.5 Å². The first-order chi connectivity index (χ1) is 20.4. The molecule has 0 aliphatic carbocycles. The summed E-state index contributed by atoms with van der Waals surface area (Å²) in [7, 11) is 4.02. The SMILES string of the molecule is CN1c2ccccc2C(C)(C)C12C=Nc1cc3c(cc1O2)N(C)C1(C=Nc2c(cc([N+](=O)[O-])c4ccccc24)O1)C3(C)C. The van der Waals surface area contributed by atoms with Crippen LogP contribution < -0.4 is 19.3 Å². The maximum absolute atomic E-state index is 12.0. The highest BCUT2D eigenvalue weighted by molar-refractivity contribution is 6.04. The highest BCUT2D eigenvalue weighted by Gasteiger charge is 2.61. The number of fused-ring (bicyclic) bond motifs is 6. The summed E-state index contributed by atoms with van der Waals surface area (Å²) in [4.78, 5) is 25.8. The van der Waals surface area contributed by atoms with Gasteiger partial charge in [0.2, 0.25) is 11.4 Å². The highest BCUT2D eigenvalue weighted by Crippen LogP contribution is 2.59. The van der Waals surface area contributed by atoms with Crippen LogP contribution in [0.4, 0.5) is 28.4 Å². The van der Waals surface area contributed by atoms with Gasteiger partial charge < -0.3 is 19.3 Å². The zero-order valence-corrected chi connectivity index (χ0v) is 24.9. The summed E-state index contributed by atoms with van der Waals surface area (Å²) in [6.45, 7) is 8.59. The second-order valence-electron chi connectivity index (χ2n) is 12.9. The van der Waals surface area contributed by atoms with Crippen molar-refractivity contribution in [3.63, 3.8) is 0 Å². The first-order valence-electron chi connectivity index (χ1n) is 14.4. The van der Waals surface area contributed by atoms with Crippen LogP contribution in [0.25, 0.3) is 10.8 Å². The maximum atomic E-state index is 12.0. The standard InChI is InChI=1S/C34H31N5O4/c1-31(2)22-13-9-10-14-25(22)37(5)33(31)18-35-24-15-23-27(17-28(24)42-33)38(6)34(32(23,3)4)19-36-30-21-12-8-7-11-20(21)26(39(40)41)16-29(30)43-34/h7-19H,1-6H3. The molecular formula is C34H31N5O4. The quantitative estimate of drug-likeness (QED) is 0.177. The second-order valence-corrected chi connectivity index (χ2v) is 12.9. The topological polar surface area (TPSA) is 92.8 Å². The van der Waals surface area contributed by atoms with Crippen LogP contribution in [0, 0.1) is 10.1 Å². The van der Waals surface area contributed by atoms with Gasteiger partial charge in [-0.3, -0.25) is 20.1 Å². The lowest BCUT2D eigenvalue weighted by atomic mass is 9.76. The van der Waals surface area contributed by atoms with Crippen LogP contribution in [0.1, 0.15) is 38.8 Å². The van der Waals surface area contributed by atoms with Crippen LogP contribution in [0.5, 0.6) is 11.5 Å². The van der Waals surface area contributed by atoms with Gasteiger partial charge in [0.15, 0.2) is 11.5 Å². The van der Waals surface area contributed by atoms with Crippen molar-refractivity contribution in [2.75, 3.05) is 23.9 Å². The molecule has 8 rings (SSSR count). The molecule has 0 bridgehead atoms. The molecule has 9 nitrogen and oxygen atoms in total. The summed E-state index contributed by atoms with van der Waals surface area (Å²) in [5, 5.41) is 13.3. The zero-order chi connectivity index (χ0) is 30.1. The fraction of sp³-hybridized carbons (Fsp3) is 0.294. The lowest BCUT2D eigenvalue weighted by Crippen LogP contribution is -2.61. The molecule has 0 saturated carbocycles. The minimum atomic E-state index is -1.04. The van der Waals surface area contributed by atoms with Gasteiger partial charge in [-0.25, -0.2) is 0 Å². The van der Waals surface area contributed by atoms with E-state index in [9.17, 15) is 10.1 Å². The van der Waals surface area contributed by atoms with Gasteiger partial charge >= 0.3 is 0 Å². The lowest BCUT2D eigenvalue weighted by molar-refractivity contribution is -0.383. The summed E-state index contributed by atoms with van der Waals surface area (Å²) in [6, 6.07) is 21.2. The van der Waals surface area contributed by atoms with Crippen LogP contribution >= 0.6 is 0 Å². The van der Waals surface area contributed by atoms with Gasteiger partial charge in [-0.15, -0.1) is 0 Å². The van der Waals surface area contributed by atoms with Crippen molar-refractivity contribution >= 4 is 51.6 Å². The molecule has 0 aromatic heterocycles. The monoisotopic (exact) mass is 573 g/mol. The number of ether oxygens (including phenoxy) is 2. The second kappa shape index (κ2) is 7.92. The number of hydrogen-bond acceptors (Lipinski definition) is 8. The average Bonchev–Trinajstić information content (AvgIpc) is 3.25. The number of para-hydroxylation sites is 1. The van der Waals surface area contributed by atoms with Gasteiger partial charge in [0.1, 0.15) is 11.4 Å². The number of nitro benzene ring substituents is 1. The number of aliphatic imine (C=N–C) groups is 2. The first-order valence-corrected chi connectivity index (χ1v) is 14.4. The Morgan fingerprint density at radius 3 is 2.05 bits per heavy atom. The molecule has 4 aliphatic rings. The van der Waals surface area contributed by atoms with Crippen molar-refractivity contribution in [3.05, 3.63) is 88.0 Å². The van der Waals surface area contributed by atoms with Gasteiger partial charge in [0.05, 0.1) is 39.6 Å². The maximum Gasteiger partial charge on any atom is 0.281 e. The fourth-order valence-electron chi connectivity index (χ4n) is 7.66. The minimum Gasteiger partial charge on any atom is -0.459 e. The number of benzene rings is 4. The molecular weight excluding hydrogens is 542 g/mol. The Morgan fingerprint density at radius 2 is 1.33 bits per heavy atom. The predicted octanol–water partition coefficient (Wildman–Crippen LogP) is 7.19. The Hall–Kier alpha value is -4.92. The van der Waals surface area contributed by atoms with E-state index in [1.807, 2.05) is 43.7 Å². The molecule has 2 atom stereocenters. The molecule has 2 unspecified atom stereocenters. The summed E-state index contributed by atoms with van der Waals surface area (Å²) >= 11 is 0. The average molecular weight is 574 g/mol. The molecule has 0 fully saturated rings. The van der Waals surface area contributed by atoms with Crippen LogP contribution in [-0.4, -0.2) is 42.9 Å². The number of hydrogen-bond donors (Lipinski definition) is 0. The van der Waals surface area contributed by atoms with E-state index in [1.54, 1.807) is 12.1 Å². The Kier molecular flexibility index (Phi) is 4.74. The molecule has 2 spiro atoms. The molecule has 0 N–H and O–H groups in total. The third-order valence-corrected chi connectivity index (χ3v) is 10.3. The predicted molar refractivity (Wildman–Crippen MR) is 169 cm³/mol. The summed E-state index contributed by atoms with van der Waals surface area (Å²) in [6.07, 6.45) is 3.77. The van der Waals surface area contributed by atoms with Crippen molar-refractivity contribution in [2.45, 2.75) is 50.0 Å². The molecule has 4 aromatic rings. The normalized spacial score (nSPS) is 24.9. The largest absolute Gasteiger partial charge is 0.459 e. The highest BCUT2D eigenvalue weighted by atomic mass is 16.6. The smallest absolute Gasteiger partial charge is 0.281 e. The van der Waals surface area contributed by atoms with E-state index in [4.69, 9.17) is 19.5 Å². The molecule has 43 heavy (non-hydrogen) atoms. The summed E-state index contributed by atoms with van der Waals surface area (Å²) < 4.78 is 13.8. The Balaban J connectivity index is 1.24. The fourth-order valence-corrected chi connectivity index (χ4v) is 7.66. The van der Waals surface area contributed by atoms with E-state index in [2.05, 4.69) is 68.8 Å². The van der Waals surface area contributed by atoms with E-state index in [1.165, 1.54) is 11.6 Å². The Morgan fingerprint density at radius 1 is 0.721 bits per heavy atom. The molecule has 0 amide bonds. The molecule has 4 aromatic carbocycles. The number of nitrogens with zero attached hydrogens (tertiary/aromatic N) is 5. The van der Waals surface area contributed by atoms with E-state index in [-0.39, 0.29) is 16.0 Å². The van der Waals surface area contributed by atoms with Gasteiger partial charge in [-0.2, -0.15) is 0 Å². The third kappa shape index (κ3) is 2.92. The van der Waals surface area contributed by atoms with E-state index in [0.717, 1.165) is 22.6 Å². The number of rotatable bonds is 1. The molecule has 216 valence electrons. The minimum absolute atomic E-state index is 0.00892. The van der Waals surface area contributed by atoms with Crippen LogP contribution in [0.2, 0.25) is 0 Å². The summed E-state index contributed by atoms with van der Waals surface area (Å²) in [5.74, 6) is 1.06. The molecule has 4 aliphatic heterocycles. The van der Waals surface area contributed by atoms with Crippen molar-refractivity contribution in [2.24, 2.45) is 9.98 Å². The van der Waals surface area contributed by atoms with Crippen molar-refractivity contribution < 1.29 is 14.4 Å². The number of nitro groups is 1. The number of non-ortho nitro benzene ring substituents is 1. The molecule has 0 radical (unpaired) electrons.